The number of carbonyl (C=O) groups is 2. The van der Waals surface area contributed by atoms with E-state index in [1.165, 1.54) is 128 Å². The zero-order chi connectivity index (χ0) is 38.1. The van der Waals surface area contributed by atoms with Crippen LogP contribution in [0.2, 0.25) is 0 Å². The van der Waals surface area contributed by atoms with Crippen LogP contribution in [-0.2, 0) is 28.5 Å². The van der Waals surface area contributed by atoms with Crippen molar-refractivity contribution >= 4 is 11.9 Å². The number of aliphatic hydroxyl groups is 4. The third-order valence-corrected chi connectivity index (χ3v) is 10.2. The highest BCUT2D eigenvalue weighted by molar-refractivity contribution is 5.70. The van der Waals surface area contributed by atoms with Crippen molar-refractivity contribution in [2.45, 2.75) is 237 Å². The Bertz CT molecular complexity index is 825. The number of aliphatic hydroxyl groups excluding tert-OH is 4. The lowest BCUT2D eigenvalue weighted by atomic mass is 9.99. The lowest BCUT2D eigenvalue weighted by Crippen LogP contribution is -2.59. The second-order valence-electron chi connectivity index (χ2n) is 15.2. The molecule has 10 nitrogen and oxygen atoms in total. The second kappa shape index (κ2) is 34.2. The van der Waals surface area contributed by atoms with Crippen molar-refractivity contribution in [1.82, 2.24) is 0 Å². The van der Waals surface area contributed by atoms with Gasteiger partial charge in [-0.3, -0.25) is 9.59 Å². The quantitative estimate of drug-likeness (QED) is 0.0363. The van der Waals surface area contributed by atoms with Crippen LogP contribution in [0, 0.1) is 0 Å². The minimum absolute atomic E-state index is 0.209. The van der Waals surface area contributed by atoms with Crippen LogP contribution < -0.4 is 0 Å². The van der Waals surface area contributed by atoms with Crippen LogP contribution in [0.4, 0.5) is 0 Å². The molecular formula is C42H80O10. The molecule has 4 N–H and O–H groups in total. The van der Waals surface area contributed by atoms with E-state index in [1.807, 2.05) is 0 Å². The van der Waals surface area contributed by atoms with Crippen LogP contribution in [0.1, 0.15) is 200 Å². The Morgan fingerprint density at radius 3 is 1.31 bits per heavy atom. The van der Waals surface area contributed by atoms with E-state index in [9.17, 15) is 30.0 Å². The summed E-state index contributed by atoms with van der Waals surface area (Å²) in [6.07, 6.45) is 25.4. The summed E-state index contributed by atoms with van der Waals surface area (Å²) in [5.41, 5.74) is 0. The molecule has 0 aliphatic carbocycles. The Kier molecular flexibility index (Phi) is 32.1. The number of unbranched alkanes of at least 4 members (excludes halogenated alkanes) is 25. The van der Waals surface area contributed by atoms with Gasteiger partial charge in [-0.2, -0.15) is 0 Å². The third-order valence-electron chi connectivity index (χ3n) is 10.2. The van der Waals surface area contributed by atoms with Crippen molar-refractivity contribution in [3.05, 3.63) is 0 Å². The van der Waals surface area contributed by atoms with E-state index >= 15 is 0 Å². The molecule has 1 fully saturated rings. The minimum Gasteiger partial charge on any atom is -0.462 e. The van der Waals surface area contributed by atoms with Crippen LogP contribution in [-0.4, -0.2) is 89.0 Å². The normalized spacial score (nSPS) is 20.9. The van der Waals surface area contributed by atoms with Gasteiger partial charge in [0.1, 0.15) is 31.0 Å². The van der Waals surface area contributed by atoms with Crippen molar-refractivity contribution in [3.63, 3.8) is 0 Å². The summed E-state index contributed by atoms with van der Waals surface area (Å²) in [5.74, 6) is -0.795. The van der Waals surface area contributed by atoms with E-state index < -0.39 is 49.4 Å². The zero-order valence-corrected chi connectivity index (χ0v) is 33.3. The fourth-order valence-electron chi connectivity index (χ4n) is 6.78. The predicted molar refractivity (Wildman–Crippen MR) is 206 cm³/mol. The molecule has 1 aliphatic rings. The second-order valence-corrected chi connectivity index (χ2v) is 15.2. The fourth-order valence-corrected chi connectivity index (χ4v) is 6.78. The average molecular weight is 745 g/mol. The van der Waals surface area contributed by atoms with Crippen LogP contribution in [0.5, 0.6) is 0 Å². The van der Waals surface area contributed by atoms with Gasteiger partial charge in [0.25, 0.3) is 0 Å². The monoisotopic (exact) mass is 745 g/mol. The highest BCUT2D eigenvalue weighted by Gasteiger charge is 2.44. The smallest absolute Gasteiger partial charge is 0.306 e. The van der Waals surface area contributed by atoms with Gasteiger partial charge in [0.2, 0.25) is 0 Å². The van der Waals surface area contributed by atoms with Gasteiger partial charge in [0.15, 0.2) is 12.4 Å². The lowest BCUT2D eigenvalue weighted by molar-refractivity contribution is -0.305. The third kappa shape index (κ3) is 25.7. The van der Waals surface area contributed by atoms with Gasteiger partial charge in [-0.1, -0.05) is 174 Å². The van der Waals surface area contributed by atoms with Crippen molar-refractivity contribution < 1.29 is 49.0 Å². The van der Waals surface area contributed by atoms with Gasteiger partial charge in [0, 0.05) is 12.8 Å². The molecule has 0 spiro atoms. The first-order valence-corrected chi connectivity index (χ1v) is 21.6. The van der Waals surface area contributed by atoms with Gasteiger partial charge in [-0.15, -0.1) is 0 Å². The molecule has 0 aromatic rings. The van der Waals surface area contributed by atoms with Crippen LogP contribution in [0.3, 0.4) is 0 Å². The summed E-state index contributed by atoms with van der Waals surface area (Å²) in [6, 6.07) is 0. The average Bonchev–Trinajstić information content (AvgIpc) is 3.14. The number of rotatable bonds is 36. The largest absolute Gasteiger partial charge is 0.462 e. The summed E-state index contributed by atoms with van der Waals surface area (Å²) < 4.78 is 22.1. The molecule has 0 aromatic heterocycles. The fraction of sp³-hybridized carbons (Fsp3) is 0.952. The number of ether oxygens (including phenoxy) is 4. The van der Waals surface area contributed by atoms with Crippen molar-refractivity contribution in [3.8, 4) is 0 Å². The highest BCUT2D eigenvalue weighted by Crippen LogP contribution is 2.23. The molecule has 0 amide bonds. The Morgan fingerprint density at radius 2 is 0.904 bits per heavy atom. The standard InChI is InChI=1S/C42H80O10/c1-3-5-7-9-11-13-15-16-17-18-19-21-23-25-27-29-31-38(45)51-35(34-50-42-41(48)40(47)39(46)36(32-43)52-42)33-49-37(44)30-28-26-24-22-20-14-12-10-8-6-4-2/h35-36,39-43,46-48H,3-34H2,1-2H3. The first kappa shape index (κ1) is 48.7. The first-order valence-electron chi connectivity index (χ1n) is 21.6. The van der Waals surface area contributed by atoms with E-state index in [2.05, 4.69) is 13.8 Å². The molecule has 0 saturated carbocycles. The summed E-state index contributed by atoms with van der Waals surface area (Å²) in [7, 11) is 0. The van der Waals surface area contributed by atoms with Gasteiger partial charge in [-0.05, 0) is 12.8 Å². The number of esters is 2. The summed E-state index contributed by atoms with van der Waals surface area (Å²) in [5, 5.41) is 40.0. The van der Waals surface area contributed by atoms with Gasteiger partial charge < -0.3 is 39.4 Å². The molecule has 1 saturated heterocycles. The molecule has 6 atom stereocenters. The van der Waals surface area contributed by atoms with Gasteiger partial charge in [0.05, 0.1) is 13.2 Å². The van der Waals surface area contributed by atoms with Gasteiger partial charge >= 0.3 is 11.9 Å². The highest BCUT2D eigenvalue weighted by atomic mass is 16.7. The van der Waals surface area contributed by atoms with Crippen LogP contribution in [0.25, 0.3) is 0 Å². The van der Waals surface area contributed by atoms with E-state index in [0.29, 0.717) is 6.42 Å². The van der Waals surface area contributed by atoms with Crippen LogP contribution >= 0.6 is 0 Å². The molecule has 1 aliphatic heterocycles. The van der Waals surface area contributed by atoms with Crippen LogP contribution in [0.15, 0.2) is 0 Å². The maximum atomic E-state index is 12.7. The van der Waals surface area contributed by atoms with E-state index in [4.69, 9.17) is 18.9 Å². The minimum atomic E-state index is -1.59. The molecule has 1 heterocycles. The van der Waals surface area contributed by atoms with Crippen molar-refractivity contribution in [2.75, 3.05) is 19.8 Å². The van der Waals surface area contributed by atoms with E-state index in [0.717, 1.165) is 38.5 Å². The Morgan fingerprint density at radius 1 is 0.519 bits per heavy atom. The summed E-state index contributed by atoms with van der Waals surface area (Å²) >= 11 is 0. The lowest BCUT2D eigenvalue weighted by Gasteiger charge is -2.39. The molecule has 10 heteroatoms. The Labute approximate surface area is 317 Å². The molecule has 52 heavy (non-hydrogen) atoms. The molecule has 6 unspecified atom stereocenters. The topological polar surface area (TPSA) is 152 Å². The van der Waals surface area contributed by atoms with E-state index in [-0.39, 0.29) is 32.0 Å². The molecule has 1 rings (SSSR count). The van der Waals surface area contributed by atoms with Gasteiger partial charge in [-0.25, -0.2) is 0 Å². The summed E-state index contributed by atoms with van der Waals surface area (Å²) in [4.78, 5) is 25.2. The zero-order valence-electron chi connectivity index (χ0n) is 33.3. The molecule has 0 bridgehead atoms. The SMILES string of the molecule is CCCCCCCCCCCCCCCCCCC(=O)OC(COC(=O)CCCCCCCCCCCCC)COC1OC(CO)C(O)C(O)C1O. The maximum absolute atomic E-state index is 12.7. The molecule has 308 valence electrons. The predicted octanol–water partition coefficient (Wildman–Crippen LogP) is 8.61. The maximum Gasteiger partial charge on any atom is 0.306 e. The van der Waals surface area contributed by atoms with Crippen molar-refractivity contribution in [1.29, 1.82) is 0 Å². The molecule has 0 aromatic carbocycles. The number of hydrogen-bond acceptors (Lipinski definition) is 10. The Balaban J connectivity index is 2.33. The first-order chi connectivity index (χ1) is 25.3. The van der Waals surface area contributed by atoms with E-state index in [1.54, 1.807) is 0 Å². The number of hydrogen-bond donors (Lipinski definition) is 4. The number of carbonyl (C=O) groups excluding carboxylic acids is 2. The molecule has 0 radical (unpaired) electrons. The Hall–Kier alpha value is -1.30. The van der Waals surface area contributed by atoms with Crippen molar-refractivity contribution in [2.24, 2.45) is 0 Å². The molecular weight excluding hydrogens is 664 g/mol. The summed E-state index contributed by atoms with van der Waals surface area (Å²) in [6.45, 7) is 3.43.